The first kappa shape index (κ1) is 12.7. The minimum atomic E-state index is -4.58. The van der Waals surface area contributed by atoms with Gasteiger partial charge in [-0.3, -0.25) is 0 Å². The number of rotatable bonds is 2. The number of alkyl halides is 5. The van der Waals surface area contributed by atoms with Crippen molar-refractivity contribution in [1.82, 2.24) is 4.90 Å². The summed E-state index contributed by atoms with van der Waals surface area (Å²) in [4.78, 5) is 0.822. The molecule has 16 heavy (non-hydrogen) atoms. The van der Waals surface area contributed by atoms with Crippen LogP contribution in [0.3, 0.4) is 0 Å². The van der Waals surface area contributed by atoms with Gasteiger partial charge < -0.3 is 4.90 Å². The van der Waals surface area contributed by atoms with Gasteiger partial charge >= 0.3 is 6.18 Å². The van der Waals surface area contributed by atoms with Crippen molar-refractivity contribution in [3.8, 4) is 0 Å². The minimum absolute atomic E-state index is 0.264. The van der Waals surface area contributed by atoms with Gasteiger partial charge in [0.15, 0.2) is 0 Å². The van der Waals surface area contributed by atoms with Gasteiger partial charge in [0.25, 0.3) is 6.43 Å². The van der Waals surface area contributed by atoms with Gasteiger partial charge in [-0.25, -0.2) is 8.78 Å². The predicted molar refractivity (Wildman–Crippen MR) is 49.7 cm³/mol. The molecule has 1 nitrogen and oxygen atoms in total. The van der Waals surface area contributed by atoms with Crippen LogP contribution in [0.1, 0.15) is 6.92 Å². The van der Waals surface area contributed by atoms with E-state index in [-0.39, 0.29) is 5.57 Å². The third-order valence-electron chi connectivity index (χ3n) is 2.03. The lowest BCUT2D eigenvalue weighted by atomic mass is 10.1. The summed E-state index contributed by atoms with van der Waals surface area (Å²) in [6, 6.07) is 0. The Bertz CT molecular complexity index is 351. The van der Waals surface area contributed by atoms with Gasteiger partial charge in [-0.05, 0) is 18.6 Å². The molecule has 0 aromatic rings. The second-order valence-corrected chi connectivity index (χ2v) is 3.42. The first-order chi connectivity index (χ1) is 7.21. The van der Waals surface area contributed by atoms with Crippen molar-refractivity contribution in [3.63, 3.8) is 0 Å². The maximum Gasteiger partial charge on any atom is 0.418 e. The fraction of sp³-hybridized carbons (Fsp3) is 0.400. The molecule has 1 aliphatic rings. The van der Waals surface area contributed by atoms with Crippen LogP contribution in [0.2, 0.25) is 0 Å². The van der Waals surface area contributed by atoms with Crippen LogP contribution in [0.15, 0.2) is 35.7 Å². The molecule has 0 saturated heterocycles. The van der Waals surface area contributed by atoms with Gasteiger partial charge in [0.1, 0.15) is 0 Å². The zero-order chi connectivity index (χ0) is 12.5. The summed E-state index contributed by atoms with van der Waals surface area (Å²) < 4.78 is 61.8. The fourth-order valence-corrected chi connectivity index (χ4v) is 1.38. The quantitative estimate of drug-likeness (QED) is 0.667. The number of allylic oxidation sites excluding steroid dienone is 3. The SMILES string of the molecule is C=C1C(C(F)(F)F)=CC(C)=CN1CC(F)F. The van der Waals surface area contributed by atoms with E-state index in [4.69, 9.17) is 0 Å². The maximum absolute atomic E-state index is 12.5. The second kappa shape index (κ2) is 4.27. The van der Waals surface area contributed by atoms with Crippen molar-refractivity contribution in [3.05, 3.63) is 35.7 Å². The smallest absolute Gasteiger partial charge is 0.342 e. The molecule has 1 heterocycles. The number of hydrogen-bond donors (Lipinski definition) is 0. The summed E-state index contributed by atoms with van der Waals surface area (Å²) in [5.41, 5.74) is -1.16. The van der Waals surface area contributed by atoms with Crippen LogP contribution in [0, 0.1) is 0 Å². The van der Waals surface area contributed by atoms with Crippen molar-refractivity contribution in [2.24, 2.45) is 0 Å². The number of hydrogen-bond acceptors (Lipinski definition) is 1. The third kappa shape index (κ3) is 2.84. The highest BCUT2D eigenvalue weighted by Gasteiger charge is 2.38. The standard InChI is InChI=1S/C10H10F5N/c1-6-3-8(10(13,14)15)7(2)16(4-6)5-9(11)12/h3-4,9H,2,5H2,1H3. The van der Waals surface area contributed by atoms with E-state index in [1.165, 1.54) is 13.1 Å². The Hall–Kier alpha value is -1.33. The zero-order valence-corrected chi connectivity index (χ0v) is 8.48. The molecule has 0 amide bonds. The Morgan fingerprint density at radius 3 is 2.38 bits per heavy atom. The van der Waals surface area contributed by atoms with Crippen molar-refractivity contribution in [1.29, 1.82) is 0 Å². The first-order valence-corrected chi connectivity index (χ1v) is 4.43. The molecule has 0 unspecified atom stereocenters. The van der Waals surface area contributed by atoms with Crippen molar-refractivity contribution < 1.29 is 22.0 Å². The number of nitrogens with zero attached hydrogens (tertiary/aromatic N) is 1. The highest BCUT2D eigenvalue weighted by molar-refractivity contribution is 5.42. The van der Waals surface area contributed by atoms with Crippen LogP contribution in [0.4, 0.5) is 22.0 Å². The van der Waals surface area contributed by atoms with Gasteiger partial charge in [-0.1, -0.05) is 6.58 Å². The fourth-order valence-electron chi connectivity index (χ4n) is 1.38. The van der Waals surface area contributed by atoms with Crippen LogP contribution < -0.4 is 0 Å². The van der Waals surface area contributed by atoms with E-state index in [0.29, 0.717) is 0 Å². The van der Waals surface area contributed by atoms with Gasteiger partial charge in [0.05, 0.1) is 12.1 Å². The molecule has 0 saturated carbocycles. The largest absolute Gasteiger partial charge is 0.418 e. The van der Waals surface area contributed by atoms with Gasteiger partial charge in [0, 0.05) is 11.9 Å². The van der Waals surface area contributed by atoms with Crippen LogP contribution in [-0.4, -0.2) is 24.0 Å². The molecule has 90 valence electrons. The normalized spacial score (nSPS) is 17.7. The Kier molecular flexibility index (Phi) is 3.40. The molecule has 1 aliphatic heterocycles. The van der Waals surface area contributed by atoms with Gasteiger partial charge in [-0.15, -0.1) is 0 Å². The lowest BCUT2D eigenvalue weighted by Gasteiger charge is -2.29. The molecule has 0 aliphatic carbocycles. The van der Waals surface area contributed by atoms with E-state index < -0.39 is 30.4 Å². The van der Waals surface area contributed by atoms with Crippen LogP contribution in [0.5, 0.6) is 0 Å². The molecule has 0 fully saturated rings. The van der Waals surface area contributed by atoms with Gasteiger partial charge in [-0.2, -0.15) is 13.2 Å². The van der Waals surface area contributed by atoms with Crippen LogP contribution in [-0.2, 0) is 0 Å². The molecule has 0 spiro atoms. The average Bonchev–Trinajstić information content (AvgIpc) is 2.07. The predicted octanol–water partition coefficient (Wildman–Crippen LogP) is 3.47. The first-order valence-electron chi connectivity index (χ1n) is 4.43. The molecular weight excluding hydrogens is 229 g/mol. The molecular formula is C10H10F5N. The zero-order valence-electron chi connectivity index (χ0n) is 8.48. The summed E-state index contributed by atoms with van der Waals surface area (Å²) in [5.74, 6) is 0. The lowest BCUT2D eigenvalue weighted by molar-refractivity contribution is -0.0916. The monoisotopic (exact) mass is 239 g/mol. The van der Waals surface area contributed by atoms with Crippen LogP contribution >= 0.6 is 0 Å². The van der Waals surface area contributed by atoms with E-state index >= 15 is 0 Å². The Morgan fingerprint density at radius 2 is 1.94 bits per heavy atom. The molecule has 6 heteroatoms. The summed E-state index contributed by atoms with van der Waals surface area (Å²) in [5, 5.41) is 0. The van der Waals surface area contributed by atoms with E-state index in [9.17, 15) is 22.0 Å². The van der Waals surface area contributed by atoms with E-state index in [1.54, 1.807) is 0 Å². The third-order valence-corrected chi connectivity index (χ3v) is 2.03. The average molecular weight is 239 g/mol. The molecule has 0 radical (unpaired) electrons. The highest BCUT2D eigenvalue weighted by atomic mass is 19.4. The summed E-state index contributed by atoms with van der Waals surface area (Å²) in [6.07, 6.45) is -5.17. The van der Waals surface area contributed by atoms with Crippen molar-refractivity contribution in [2.45, 2.75) is 19.5 Å². The summed E-state index contributed by atoms with van der Waals surface area (Å²) in [6.45, 7) is 3.82. The molecule has 1 rings (SSSR count). The molecule has 0 atom stereocenters. The maximum atomic E-state index is 12.5. The topological polar surface area (TPSA) is 3.24 Å². The lowest BCUT2D eigenvalue weighted by Crippen LogP contribution is -2.30. The summed E-state index contributed by atoms with van der Waals surface area (Å²) in [7, 11) is 0. The molecule has 0 bridgehead atoms. The Labute approximate surface area is 89.5 Å². The molecule has 0 N–H and O–H groups in total. The Balaban J connectivity index is 2.99. The van der Waals surface area contributed by atoms with Crippen LogP contribution in [0.25, 0.3) is 0 Å². The molecule has 0 aromatic carbocycles. The highest BCUT2D eigenvalue weighted by Crippen LogP contribution is 2.35. The van der Waals surface area contributed by atoms with E-state index in [1.807, 2.05) is 0 Å². The Morgan fingerprint density at radius 1 is 1.38 bits per heavy atom. The van der Waals surface area contributed by atoms with Crippen molar-refractivity contribution >= 4 is 0 Å². The summed E-state index contributed by atoms with van der Waals surface area (Å²) >= 11 is 0. The number of halogens is 5. The van der Waals surface area contributed by atoms with E-state index in [2.05, 4.69) is 6.58 Å². The minimum Gasteiger partial charge on any atom is -0.342 e. The van der Waals surface area contributed by atoms with Gasteiger partial charge in [0.2, 0.25) is 0 Å². The molecule has 0 aromatic heterocycles. The van der Waals surface area contributed by atoms with Crippen molar-refractivity contribution in [2.75, 3.05) is 6.54 Å². The second-order valence-electron chi connectivity index (χ2n) is 3.42. The van der Waals surface area contributed by atoms with E-state index in [0.717, 1.165) is 11.0 Å².